The Labute approximate surface area is 118 Å². The predicted octanol–water partition coefficient (Wildman–Crippen LogP) is 4.11. The molecule has 106 valence electrons. The maximum absolute atomic E-state index is 6.26. The van der Waals surface area contributed by atoms with Gasteiger partial charge in [0.2, 0.25) is 0 Å². The summed E-state index contributed by atoms with van der Waals surface area (Å²) >= 11 is 0. The van der Waals surface area contributed by atoms with Crippen molar-refractivity contribution < 1.29 is 0 Å². The van der Waals surface area contributed by atoms with Crippen LogP contribution in [0, 0.1) is 5.92 Å². The number of nitrogens with zero attached hydrogens (tertiary/aromatic N) is 1. The third-order valence-corrected chi connectivity index (χ3v) is 4.61. The monoisotopic (exact) mass is 260 g/mol. The highest BCUT2D eigenvalue weighted by atomic mass is 15.1. The van der Waals surface area contributed by atoms with E-state index in [0.717, 1.165) is 12.3 Å². The minimum absolute atomic E-state index is 0.152. The second-order valence-corrected chi connectivity index (χ2v) is 6.11. The average Bonchev–Trinajstić information content (AvgIpc) is 2.45. The Bertz CT molecular complexity index is 402. The first kappa shape index (κ1) is 14.4. The Morgan fingerprint density at radius 3 is 2.74 bits per heavy atom. The Hall–Kier alpha value is -1.02. The largest absolute Gasteiger partial charge is 0.371 e. The van der Waals surface area contributed by atoms with Crippen LogP contribution in [0.15, 0.2) is 24.3 Å². The standard InChI is InChI=1S/C17H28N2/c1-4-16(18)15-10-5-6-11-17(15)19(3)14-9-7-8-13(2)12-14/h5-6,10-11,13-14,16H,4,7-9,12,18H2,1-3H3. The summed E-state index contributed by atoms with van der Waals surface area (Å²) in [5.41, 5.74) is 8.89. The lowest BCUT2D eigenvalue weighted by molar-refractivity contribution is 0.336. The van der Waals surface area contributed by atoms with E-state index in [1.807, 2.05) is 0 Å². The minimum Gasteiger partial charge on any atom is -0.371 e. The third-order valence-electron chi connectivity index (χ3n) is 4.61. The number of hydrogen-bond acceptors (Lipinski definition) is 2. The number of nitrogens with two attached hydrogens (primary N) is 1. The highest BCUT2D eigenvalue weighted by molar-refractivity contribution is 5.55. The molecule has 1 aromatic rings. The van der Waals surface area contributed by atoms with E-state index in [4.69, 9.17) is 5.73 Å². The molecule has 2 nitrogen and oxygen atoms in total. The van der Waals surface area contributed by atoms with Gasteiger partial charge in [0.05, 0.1) is 0 Å². The van der Waals surface area contributed by atoms with Crippen molar-refractivity contribution in [2.45, 2.75) is 58.0 Å². The maximum atomic E-state index is 6.26. The molecule has 0 spiro atoms. The van der Waals surface area contributed by atoms with E-state index < -0.39 is 0 Å². The fourth-order valence-corrected chi connectivity index (χ4v) is 3.29. The number of benzene rings is 1. The molecule has 0 aromatic heterocycles. The van der Waals surface area contributed by atoms with Gasteiger partial charge in [0.1, 0.15) is 0 Å². The molecule has 0 amide bonds. The van der Waals surface area contributed by atoms with E-state index in [9.17, 15) is 0 Å². The molecule has 0 heterocycles. The molecule has 3 unspecified atom stereocenters. The van der Waals surface area contributed by atoms with E-state index in [1.165, 1.54) is 36.9 Å². The first-order valence-electron chi connectivity index (χ1n) is 7.70. The molecule has 0 saturated heterocycles. The summed E-state index contributed by atoms with van der Waals surface area (Å²) < 4.78 is 0. The Balaban J connectivity index is 2.20. The highest BCUT2D eigenvalue weighted by Gasteiger charge is 2.24. The van der Waals surface area contributed by atoms with Crippen LogP contribution in [-0.2, 0) is 0 Å². The van der Waals surface area contributed by atoms with E-state index in [2.05, 4.69) is 50.1 Å². The molecular formula is C17H28N2. The van der Waals surface area contributed by atoms with E-state index in [1.54, 1.807) is 0 Å². The van der Waals surface area contributed by atoms with Gasteiger partial charge in [0.25, 0.3) is 0 Å². The smallest absolute Gasteiger partial charge is 0.0414 e. The lowest BCUT2D eigenvalue weighted by Gasteiger charge is -2.37. The summed E-state index contributed by atoms with van der Waals surface area (Å²) in [6, 6.07) is 9.47. The summed E-state index contributed by atoms with van der Waals surface area (Å²) in [5.74, 6) is 0.855. The zero-order valence-electron chi connectivity index (χ0n) is 12.6. The summed E-state index contributed by atoms with van der Waals surface area (Å²) in [5, 5.41) is 0. The topological polar surface area (TPSA) is 29.3 Å². The molecule has 1 aliphatic rings. The normalized spacial score (nSPS) is 25.1. The van der Waals surface area contributed by atoms with Crippen molar-refractivity contribution in [2.75, 3.05) is 11.9 Å². The van der Waals surface area contributed by atoms with Gasteiger partial charge in [0, 0.05) is 24.8 Å². The maximum Gasteiger partial charge on any atom is 0.0414 e. The molecule has 19 heavy (non-hydrogen) atoms. The summed E-state index contributed by atoms with van der Waals surface area (Å²) in [7, 11) is 2.24. The van der Waals surface area contributed by atoms with Crippen molar-refractivity contribution in [1.29, 1.82) is 0 Å². The molecule has 1 aliphatic carbocycles. The highest BCUT2D eigenvalue weighted by Crippen LogP contribution is 2.33. The third kappa shape index (κ3) is 3.30. The molecule has 2 rings (SSSR count). The van der Waals surface area contributed by atoms with Crippen LogP contribution >= 0.6 is 0 Å². The molecule has 0 aliphatic heterocycles. The number of hydrogen-bond donors (Lipinski definition) is 1. The van der Waals surface area contributed by atoms with Crippen LogP contribution in [0.25, 0.3) is 0 Å². The van der Waals surface area contributed by atoms with Gasteiger partial charge < -0.3 is 10.6 Å². The van der Waals surface area contributed by atoms with Gasteiger partial charge >= 0.3 is 0 Å². The molecule has 1 fully saturated rings. The van der Waals surface area contributed by atoms with Crippen molar-refractivity contribution in [3.8, 4) is 0 Å². The Morgan fingerprint density at radius 1 is 1.32 bits per heavy atom. The summed E-state index contributed by atoms with van der Waals surface area (Å²) in [6.07, 6.45) is 6.37. The number of anilines is 1. The zero-order valence-corrected chi connectivity index (χ0v) is 12.6. The lowest BCUT2D eigenvalue weighted by Crippen LogP contribution is -2.36. The molecular weight excluding hydrogens is 232 g/mol. The Kier molecular flexibility index (Phi) is 4.87. The quantitative estimate of drug-likeness (QED) is 0.882. The van der Waals surface area contributed by atoms with Gasteiger partial charge in [-0.15, -0.1) is 0 Å². The molecule has 2 N–H and O–H groups in total. The van der Waals surface area contributed by atoms with Gasteiger partial charge in [-0.1, -0.05) is 44.9 Å². The van der Waals surface area contributed by atoms with Gasteiger partial charge in [-0.3, -0.25) is 0 Å². The van der Waals surface area contributed by atoms with Gasteiger partial charge in [-0.2, -0.15) is 0 Å². The van der Waals surface area contributed by atoms with Gasteiger partial charge in [-0.05, 0) is 36.8 Å². The van der Waals surface area contributed by atoms with E-state index in [0.29, 0.717) is 6.04 Å². The first-order valence-corrected chi connectivity index (χ1v) is 7.70. The van der Waals surface area contributed by atoms with E-state index >= 15 is 0 Å². The molecule has 1 aromatic carbocycles. The molecule has 2 heteroatoms. The minimum atomic E-state index is 0.152. The van der Waals surface area contributed by atoms with E-state index in [-0.39, 0.29) is 6.04 Å². The lowest BCUT2D eigenvalue weighted by atomic mass is 9.86. The van der Waals surface area contributed by atoms with Crippen molar-refractivity contribution in [3.63, 3.8) is 0 Å². The van der Waals surface area contributed by atoms with Crippen molar-refractivity contribution in [1.82, 2.24) is 0 Å². The first-order chi connectivity index (χ1) is 9.13. The second-order valence-electron chi connectivity index (χ2n) is 6.11. The molecule has 3 atom stereocenters. The second kappa shape index (κ2) is 6.42. The van der Waals surface area contributed by atoms with Crippen molar-refractivity contribution in [3.05, 3.63) is 29.8 Å². The average molecular weight is 260 g/mol. The van der Waals surface area contributed by atoms with Crippen LogP contribution in [-0.4, -0.2) is 13.1 Å². The molecule has 1 saturated carbocycles. The van der Waals surface area contributed by atoms with Crippen LogP contribution < -0.4 is 10.6 Å². The molecule has 0 radical (unpaired) electrons. The van der Waals surface area contributed by atoms with Crippen LogP contribution in [0.5, 0.6) is 0 Å². The van der Waals surface area contributed by atoms with Crippen molar-refractivity contribution >= 4 is 5.69 Å². The summed E-state index contributed by atoms with van der Waals surface area (Å²) in [6.45, 7) is 4.54. The molecule has 0 bridgehead atoms. The fourth-order valence-electron chi connectivity index (χ4n) is 3.29. The summed E-state index contributed by atoms with van der Waals surface area (Å²) in [4.78, 5) is 2.47. The van der Waals surface area contributed by atoms with Crippen LogP contribution in [0.1, 0.15) is 57.6 Å². The predicted molar refractivity (Wildman–Crippen MR) is 83.5 cm³/mol. The number of para-hydroxylation sites is 1. The van der Waals surface area contributed by atoms with Gasteiger partial charge in [0.15, 0.2) is 0 Å². The SMILES string of the molecule is CCC(N)c1ccccc1N(C)C1CCCC(C)C1. The number of rotatable bonds is 4. The Morgan fingerprint density at radius 2 is 2.05 bits per heavy atom. The van der Waals surface area contributed by atoms with Crippen LogP contribution in [0.3, 0.4) is 0 Å². The van der Waals surface area contributed by atoms with Crippen LogP contribution in [0.4, 0.5) is 5.69 Å². The zero-order chi connectivity index (χ0) is 13.8. The van der Waals surface area contributed by atoms with Crippen LogP contribution in [0.2, 0.25) is 0 Å². The fraction of sp³-hybridized carbons (Fsp3) is 0.647. The van der Waals surface area contributed by atoms with Crippen molar-refractivity contribution in [2.24, 2.45) is 11.7 Å². The van der Waals surface area contributed by atoms with Gasteiger partial charge in [-0.25, -0.2) is 0 Å².